The van der Waals surface area contributed by atoms with Crippen LogP contribution in [0.15, 0.2) is 65.1 Å². The van der Waals surface area contributed by atoms with Gasteiger partial charge in [-0.25, -0.2) is 4.39 Å². The summed E-state index contributed by atoms with van der Waals surface area (Å²) in [6.07, 6.45) is 0.991. The number of aliphatic carboxylic acids is 1. The number of hydrogen-bond acceptors (Lipinski definition) is 3. The molecule has 3 aromatic rings. The Morgan fingerprint density at radius 3 is 2.65 bits per heavy atom. The number of carbonyl (C=O) groups is 2. The van der Waals surface area contributed by atoms with Gasteiger partial charge in [-0.2, -0.15) is 0 Å². The highest BCUT2D eigenvalue weighted by Gasteiger charge is 2.36. The van der Waals surface area contributed by atoms with E-state index >= 15 is 0 Å². The Labute approximate surface area is 210 Å². The van der Waals surface area contributed by atoms with E-state index in [9.17, 15) is 19.1 Å². The topological polar surface area (TPSA) is 66.8 Å². The largest absolute Gasteiger partial charge is 0.487 e. The number of fused-ring (bicyclic) bond motifs is 1. The van der Waals surface area contributed by atoms with Crippen molar-refractivity contribution in [3.63, 3.8) is 0 Å². The number of ether oxygens (including phenoxy) is 1. The minimum atomic E-state index is -1.09. The molecule has 176 valence electrons. The molecule has 0 bridgehead atoms. The molecule has 0 aromatic heterocycles. The summed E-state index contributed by atoms with van der Waals surface area (Å²) >= 11 is 9.19. The maximum Gasteiger partial charge on any atom is 0.323 e. The van der Waals surface area contributed by atoms with E-state index in [1.165, 1.54) is 17.0 Å². The van der Waals surface area contributed by atoms with Gasteiger partial charge in [0.05, 0.1) is 5.02 Å². The van der Waals surface area contributed by atoms with Crippen LogP contribution >= 0.6 is 27.5 Å². The third-order valence-corrected chi connectivity index (χ3v) is 6.47. The van der Waals surface area contributed by atoms with Gasteiger partial charge in [-0.15, -0.1) is 0 Å². The first kappa shape index (κ1) is 24.2. The lowest BCUT2D eigenvalue weighted by molar-refractivity contribution is -0.137. The van der Waals surface area contributed by atoms with Crippen LogP contribution in [0.25, 0.3) is 0 Å². The van der Waals surface area contributed by atoms with Gasteiger partial charge < -0.3 is 14.7 Å². The molecule has 8 heteroatoms. The van der Waals surface area contributed by atoms with Gasteiger partial charge in [-0.3, -0.25) is 9.59 Å². The number of carboxylic acids is 1. The van der Waals surface area contributed by atoms with E-state index in [4.69, 9.17) is 16.3 Å². The molecule has 4 rings (SSSR count). The summed E-state index contributed by atoms with van der Waals surface area (Å²) in [4.78, 5) is 26.0. The number of rotatable bonds is 7. The summed E-state index contributed by atoms with van der Waals surface area (Å²) < 4.78 is 20.9. The summed E-state index contributed by atoms with van der Waals surface area (Å²) in [6, 6.07) is 17.2. The molecule has 5 nitrogen and oxygen atoms in total. The van der Waals surface area contributed by atoms with Gasteiger partial charge in [0.2, 0.25) is 0 Å². The highest BCUT2D eigenvalue weighted by atomic mass is 79.9. The molecule has 3 aromatic carbocycles. The second-order valence-electron chi connectivity index (χ2n) is 8.66. The fourth-order valence-corrected chi connectivity index (χ4v) is 4.80. The Kier molecular flexibility index (Phi) is 6.96. The Morgan fingerprint density at radius 2 is 1.94 bits per heavy atom. The first-order valence-corrected chi connectivity index (χ1v) is 11.8. The fraction of sp³-hybridized carbons (Fsp3) is 0.231. The quantitative estimate of drug-likeness (QED) is 0.400. The van der Waals surface area contributed by atoms with Crippen LogP contribution in [0.3, 0.4) is 0 Å². The van der Waals surface area contributed by atoms with Crippen LogP contribution in [0.5, 0.6) is 5.75 Å². The van der Waals surface area contributed by atoms with Crippen molar-refractivity contribution in [2.45, 2.75) is 31.9 Å². The average Bonchev–Trinajstić information content (AvgIpc) is 3.10. The molecule has 1 heterocycles. The van der Waals surface area contributed by atoms with Crippen LogP contribution in [0.4, 0.5) is 4.39 Å². The van der Waals surface area contributed by atoms with Gasteiger partial charge >= 0.3 is 5.97 Å². The van der Waals surface area contributed by atoms with Gasteiger partial charge in [-0.05, 0) is 66.1 Å². The number of carbonyl (C=O) groups excluding carboxylic acids is 1. The first-order valence-electron chi connectivity index (χ1n) is 10.6. The smallest absolute Gasteiger partial charge is 0.323 e. The Bertz CT molecular complexity index is 1270. The number of hydrogen-bond donors (Lipinski definition) is 1. The van der Waals surface area contributed by atoms with Gasteiger partial charge in [-0.1, -0.05) is 45.7 Å². The van der Waals surface area contributed by atoms with Crippen molar-refractivity contribution >= 4 is 39.4 Å². The molecule has 0 saturated carbocycles. The number of nitrogens with zero attached hydrogens (tertiary/aromatic N) is 1. The molecule has 1 atom stereocenters. The molecule has 0 aliphatic carbocycles. The second-order valence-corrected chi connectivity index (χ2v) is 9.98. The van der Waals surface area contributed by atoms with Crippen LogP contribution in [0.2, 0.25) is 5.02 Å². The summed E-state index contributed by atoms with van der Waals surface area (Å²) in [5.41, 5.74) is 2.20. The van der Waals surface area contributed by atoms with Crippen LogP contribution in [0.1, 0.15) is 34.0 Å². The van der Waals surface area contributed by atoms with Crippen LogP contribution < -0.4 is 4.74 Å². The third-order valence-electron chi connectivity index (χ3n) is 5.67. The van der Waals surface area contributed by atoms with E-state index in [0.29, 0.717) is 24.2 Å². The molecular weight excluding hydrogens is 525 g/mol. The zero-order chi connectivity index (χ0) is 24.5. The molecule has 0 fully saturated rings. The fourth-order valence-electron chi connectivity index (χ4n) is 4.24. The molecule has 0 saturated heterocycles. The monoisotopic (exact) mass is 545 g/mol. The third kappa shape index (κ3) is 5.59. The van der Waals surface area contributed by atoms with Crippen LogP contribution in [0, 0.1) is 5.82 Å². The van der Waals surface area contributed by atoms with Crippen molar-refractivity contribution < 1.29 is 23.8 Å². The molecule has 1 aliphatic heterocycles. The molecular formula is C26H22BrClFNO4. The average molecular weight is 547 g/mol. The van der Waals surface area contributed by atoms with E-state index in [0.717, 1.165) is 21.2 Å². The van der Waals surface area contributed by atoms with Crippen molar-refractivity contribution in [2.75, 3.05) is 6.54 Å². The summed E-state index contributed by atoms with van der Waals surface area (Å²) in [5.74, 6) is -1.28. The Hall–Kier alpha value is -2.90. The van der Waals surface area contributed by atoms with Crippen molar-refractivity contribution in [3.8, 4) is 5.75 Å². The van der Waals surface area contributed by atoms with Crippen molar-refractivity contribution in [3.05, 3.63) is 98.2 Å². The predicted molar refractivity (Wildman–Crippen MR) is 131 cm³/mol. The molecule has 1 unspecified atom stereocenters. The molecule has 34 heavy (non-hydrogen) atoms. The number of halogens is 3. The van der Waals surface area contributed by atoms with E-state index < -0.39 is 23.9 Å². The van der Waals surface area contributed by atoms with E-state index in [1.807, 2.05) is 31.2 Å². The maximum absolute atomic E-state index is 13.9. The minimum absolute atomic E-state index is 0.0708. The van der Waals surface area contributed by atoms with E-state index in [1.54, 1.807) is 24.3 Å². The number of carboxylic acid groups (broad SMARTS) is 1. The van der Waals surface area contributed by atoms with Gasteiger partial charge in [0, 0.05) is 29.4 Å². The van der Waals surface area contributed by atoms with E-state index in [2.05, 4.69) is 15.9 Å². The Balaban J connectivity index is 1.53. The van der Waals surface area contributed by atoms with Crippen LogP contribution in [-0.2, 0) is 24.2 Å². The molecule has 0 spiro atoms. The molecule has 1 amide bonds. The van der Waals surface area contributed by atoms with E-state index in [-0.39, 0.29) is 17.5 Å². The predicted octanol–water partition coefficient (Wildman–Crippen LogP) is 5.90. The highest BCUT2D eigenvalue weighted by molar-refractivity contribution is 9.10. The second kappa shape index (κ2) is 9.76. The summed E-state index contributed by atoms with van der Waals surface area (Å²) in [5, 5.41) is 9.43. The summed E-state index contributed by atoms with van der Waals surface area (Å²) in [7, 11) is 0. The first-order chi connectivity index (χ1) is 16.1. The zero-order valence-corrected chi connectivity index (χ0v) is 20.7. The lowest BCUT2D eigenvalue weighted by Crippen LogP contribution is -2.35. The zero-order valence-electron chi connectivity index (χ0n) is 18.4. The van der Waals surface area contributed by atoms with Crippen molar-refractivity contribution in [2.24, 2.45) is 0 Å². The lowest BCUT2D eigenvalue weighted by atomic mass is 9.91. The minimum Gasteiger partial charge on any atom is -0.487 e. The van der Waals surface area contributed by atoms with Gasteiger partial charge in [0.1, 0.15) is 23.7 Å². The van der Waals surface area contributed by atoms with Crippen molar-refractivity contribution in [1.29, 1.82) is 0 Å². The van der Waals surface area contributed by atoms with Crippen molar-refractivity contribution in [1.82, 2.24) is 4.90 Å². The normalized spacial score (nSPS) is 16.6. The Morgan fingerprint density at radius 1 is 1.15 bits per heavy atom. The number of benzene rings is 3. The van der Waals surface area contributed by atoms with Gasteiger partial charge in [0.25, 0.3) is 5.91 Å². The number of amides is 1. The maximum atomic E-state index is 13.9. The molecule has 1 aliphatic rings. The van der Waals surface area contributed by atoms with Crippen LogP contribution in [-0.4, -0.2) is 34.0 Å². The SMILES string of the molecule is CC1(Cc2ccc(Cl)c(F)c2)Cc2cc(C(=O)N(CC(=O)O)Cc3cccc(Br)c3)ccc2O1. The summed E-state index contributed by atoms with van der Waals surface area (Å²) in [6.45, 7) is 1.68. The standard InChI is InChI=1S/C26H22BrClFNO4/c1-26(12-16-5-7-21(28)22(29)10-16)13-19-11-18(6-8-23(19)34-26)25(33)30(15-24(31)32)14-17-3-2-4-20(27)9-17/h2-11H,12-15H2,1H3,(H,31,32). The lowest BCUT2D eigenvalue weighted by Gasteiger charge is -2.24. The molecule has 1 N–H and O–H groups in total. The van der Waals surface area contributed by atoms with Gasteiger partial charge in [0.15, 0.2) is 0 Å². The highest BCUT2D eigenvalue weighted by Crippen LogP contribution is 2.38. The molecule has 0 radical (unpaired) electrons.